The number of alkyl halides is 3. The molecule has 0 spiro atoms. The van der Waals surface area contributed by atoms with Crippen molar-refractivity contribution < 1.29 is 27.5 Å². The predicted molar refractivity (Wildman–Crippen MR) is 108 cm³/mol. The van der Waals surface area contributed by atoms with Gasteiger partial charge in [-0.2, -0.15) is 18.2 Å². The quantitative estimate of drug-likeness (QED) is 0.602. The standard InChI is InChI=1S/C22H21F4N5O2/c23-16-1-2-18(22(24,25)26)17(7-16)13-5-14-10-30(11-15(14)6-13)20(33)19-28-21-27-8-12(3-4-32)9-31(21)29-19/h1-2,7-9,13-15,32H,3-6,10-11H2/t13?,14-,15+. The van der Waals surface area contributed by atoms with Crippen LogP contribution in [0.2, 0.25) is 0 Å². The Kier molecular flexibility index (Phi) is 5.31. The number of hydrogen-bond acceptors (Lipinski definition) is 5. The van der Waals surface area contributed by atoms with Crippen LogP contribution in [-0.2, 0) is 12.6 Å². The normalized spacial score (nSPS) is 22.8. The zero-order chi connectivity index (χ0) is 23.3. The minimum Gasteiger partial charge on any atom is -0.396 e. The molecule has 1 saturated heterocycles. The average Bonchev–Trinajstić information content (AvgIpc) is 3.45. The number of aliphatic hydroxyl groups excluding tert-OH is 1. The fourth-order valence-corrected chi connectivity index (χ4v) is 5.16. The van der Waals surface area contributed by atoms with E-state index in [4.69, 9.17) is 5.11 Å². The van der Waals surface area contributed by atoms with Crippen molar-refractivity contribution in [2.24, 2.45) is 11.8 Å². The molecule has 1 aliphatic heterocycles. The van der Waals surface area contributed by atoms with Crippen LogP contribution in [0.5, 0.6) is 0 Å². The lowest BCUT2D eigenvalue weighted by Gasteiger charge is -2.21. The molecule has 0 bridgehead atoms. The molecule has 3 atom stereocenters. The third-order valence-electron chi connectivity index (χ3n) is 6.64. The van der Waals surface area contributed by atoms with Gasteiger partial charge in [-0.15, -0.1) is 5.10 Å². The van der Waals surface area contributed by atoms with Gasteiger partial charge < -0.3 is 10.0 Å². The number of carbonyl (C=O) groups excluding carboxylic acids is 1. The molecular formula is C22H21F4N5O2. The van der Waals surface area contributed by atoms with E-state index in [-0.39, 0.29) is 41.5 Å². The summed E-state index contributed by atoms with van der Waals surface area (Å²) in [5, 5.41) is 13.3. The van der Waals surface area contributed by atoms with Gasteiger partial charge in [-0.25, -0.2) is 13.9 Å². The third kappa shape index (κ3) is 4.05. The van der Waals surface area contributed by atoms with Crippen molar-refractivity contribution >= 4 is 11.7 Å². The molecule has 174 valence electrons. The number of benzene rings is 1. The van der Waals surface area contributed by atoms with Gasteiger partial charge in [-0.3, -0.25) is 4.79 Å². The lowest BCUT2D eigenvalue weighted by atomic mass is 9.91. The molecule has 1 aliphatic carbocycles. The molecular weight excluding hydrogens is 442 g/mol. The maximum atomic E-state index is 13.7. The van der Waals surface area contributed by atoms with Crippen LogP contribution in [0.1, 0.15) is 46.1 Å². The molecule has 1 N–H and O–H groups in total. The second-order valence-electron chi connectivity index (χ2n) is 8.74. The van der Waals surface area contributed by atoms with Gasteiger partial charge in [-0.1, -0.05) is 0 Å². The minimum absolute atomic E-state index is 0.00144. The van der Waals surface area contributed by atoms with Crippen molar-refractivity contribution in [3.63, 3.8) is 0 Å². The van der Waals surface area contributed by atoms with Crippen LogP contribution in [0.15, 0.2) is 30.6 Å². The van der Waals surface area contributed by atoms with Crippen LogP contribution in [-0.4, -0.2) is 55.2 Å². The Morgan fingerprint density at radius 2 is 1.91 bits per heavy atom. The van der Waals surface area contributed by atoms with Crippen molar-refractivity contribution in [1.29, 1.82) is 0 Å². The van der Waals surface area contributed by atoms with E-state index in [1.165, 1.54) is 4.52 Å². The number of likely N-dealkylation sites (tertiary alicyclic amines) is 1. The highest BCUT2D eigenvalue weighted by atomic mass is 19.4. The molecule has 2 fully saturated rings. The van der Waals surface area contributed by atoms with E-state index in [0.29, 0.717) is 32.4 Å². The Morgan fingerprint density at radius 3 is 2.58 bits per heavy atom. The van der Waals surface area contributed by atoms with E-state index in [1.54, 1.807) is 17.3 Å². The van der Waals surface area contributed by atoms with E-state index in [9.17, 15) is 22.4 Å². The highest BCUT2D eigenvalue weighted by Crippen LogP contribution is 2.49. The number of amides is 1. The summed E-state index contributed by atoms with van der Waals surface area (Å²) in [5.74, 6) is -1.08. The summed E-state index contributed by atoms with van der Waals surface area (Å²) >= 11 is 0. The number of aromatic nitrogens is 4. The Balaban J connectivity index is 1.30. The summed E-state index contributed by atoms with van der Waals surface area (Å²) < 4.78 is 55.4. The number of rotatable bonds is 4. The summed E-state index contributed by atoms with van der Waals surface area (Å²) in [6.45, 7) is 0.760. The topological polar surface area (TPSA) is 83.6 Å². The molecule has 7 nitrogen and oxygen atoms in total. The summed E-state index contributed by atoms with van der Waals surface area (Å²) in [7, 11) is 0. The SMILES string of the molecule is O=C(c1nc2ncc(CCO)cn2n1)N1C[C@H]2CC(c3cc(F)ccc3C(F)(F)F)C[C@H]2C1. The zero-order valence-electron chi connectivity index (χ0n) is 17.5. The highest BCUT2D eigenvalue weighted by Gasteiger charge is 2.45. The third-order valence-corrected chi connectivity index (χ3v) is 6.64. The molecule has 11 heteroatoms. The van der Waals surface area contributed by atoms with Crippen molar-refractivity contribution in [3.8, 4) is 0 Å². The largest absolute Gasteiger partial charge is 0.416 e. The van der Waals surface area contributed by atoms with E-state index >= 15 is 0 Å². The highest BCUT2D eigenvalue weighted by molar-refractivity contribution is 5.91. The molecule has 3 aromatic rings. The first-order valence-electron chi connectivity index (χ1n) is 10.7. The molecule has 2 aromatic heterocycles. The van der Waals surface area contributed by atoms with Crippen LogP contribution in [0.4, 0.5) is 17.6 Å². The van der Waals surface area contributed by atoms with Gasteiger partial charge in [0.15, 0.2) is 0 Å². The number of halogens is 4. The lowest BCUT2D eigenvalue weighted by molar-refractivity contribution is -0.138. The maximum Gasteiger partial charge on any atom is 0.416 e. The van der Waals surface area contributed by atoms with Gasteiger partial charge in [0, 0.05) is 32.1 Å². The molecule has 1 amide bonds. The summed E-state index contributed by atoms with van der Waals surface area (Å²) in [4.78, 5) is 22.9. The van der Waals surface area contributed by atoms with Crippen molar-refractivity contribution in [1.82, 2.24) is 24.5 Å². The van der Waals surface area contributed by atoms with Crippen molar-refractivity contribution in [2.45, 2.75) is 31.4 Å². The second kappa shape index (κ2) is 8.05. The molecule has 2 aliphatic rings. The summed E-state index contributed by atoms with van der Waals surface area (Å²) in [6, 6.07) is 2.64. The average molecular weight is 463 g/mol. The number of aliphatic hydroxyl groups is 1. The lowest BCUT2D eigenvalue weighted by Crippen LogP contribution is -2.30. The fraction of sp³-hybridized carbons (Fsp3) is 0.455. The molecule has 33 heavy (non-hydrogen) atoms. The van der Waals surface area contributed by atoms with Gasteiger partial charge in [0.25, 0.3) is 11.7 Å². The van der Waals surface area contributed by atoms with E-state index < -0.39 is 23.5 Å². The van der Waals surface area contributed by atoms with Gasteiger partial charge >= 0.3 is 6.18 Å². The van der Waals surface area contributed by atoms with Gasteiger partial charge in [0.2, 0.25) is 5.82 Å². The molecule has 1 unspecified atom stereocenters. The molecule has 0 radical (unpaired) electrons. The smallest absolute Gasteiger partial charge is 0.396 e. The predicted octanol–water partition coefficient (Wildman–Crippen LogP) is 3.08. The summed E-state index contributed by atoms with van der Waals surface area (Å²) in [6.07, 6.45) is 0.0172. The Hall–Kier alpha value is -3.08. The van der Waals surface area contributed by atoms with E-state index in [0.717, 1.165) is 23.8 Å². The Morgan fingerprint density at radius 1 is 1.18 bits per heavy atom. The zero-order valence-corrected chi connectivity index (χ0v) is 17.5. The number of hydrogen-bond donors (Lipinski definition) is 1. The maximum absolute atomic E-state index is 13.7. The van der Waals surface area contributed by atoms with Crippen molar-refractivity contribution in [2.75, 3.05) is 19.7 Å². The van der Waals surface area contributed by atoms with Gasteiger partial charge in [0.1, 0.15) is 5.82 Å². The molecule has 3 heterocycles. The molecule has 1 aromatic carbocycles. The summed E-state index contributed by atoms with van der Waals surface area (Å²) in [5.41, 5.74) is -0.0310. The van der Waals surface area contributed by atoms with Gasteiger partial charge in [-0.05, 0) is 66.3 Å². The Bertz CT molecular complexity index is 1200. The Labute approximate surface area is 186 Å². The van der Waals surface area contributed by atoms with Crippen LogP contribution in [0.25, 0.3) is 5.78 Å². The van der Waals surface area contributed by atoms with Crippen LogP contribution < -0.4 is 0 Å². The minimum atomic E-state index is -4.54. The van der Waals surface area contributed by atoms with Gasteiger partial charge in [0.05, 0.1) is 5.56 Å². The van der Waals surface area contributed by atoms with E-state index in [2.05, 4.69) is 15.1 Å². The van der Waals surface area contributed by atoms with Crippen molar-refractivity contribution in [3.05, 3.63) is 58.9 Å². The fourth-order valence-electron chi connectivity index (χ4n) is 5.16. The number of nitrogens with zero attached hydrogens (tertiary/aromatic N) is 5. The number of carbonyl (C=O) groups is 1. The molecule has 1 saturated carbocycles. The first-order valence-corrected chi connectivity index (χ1v) is 10.7. The number of fused-ring (bicyclic) bond motifs is 2. The van der Waals surface area contributed by atoms with E-state index in [1.807, 2.05) is 0 Å². The van der Waals surface area contributed by atoms with Crippen LogP contribution >= 0.6 is 0 Å². The monoisotopic (exact) mass is 463 g/mol. The second-order valence-corrected chi connectivity index (χ2v) is 8.74. The molecule has 5 rings (SSSR count). The van der Waals surface area contributed by atoms with Crippen LogP contribution in [0.3, 0.4) is 0 Å². The first-order chi connectivity index (χ1) is 15.7. The first kappa shape index (κ1) is 21.7. The van der Waals surface area contributed by atoms with Crippen LogP contribution in [0, 0.1) is 17.7 Å².